The number of ether oxygens (including phenoxy) is 1. The molecule has 1 N–H and O–H groups in total. The number of hydrogen-bond donors (Lipinski definition) is 1. The molecule has 5 nitrogen and oxygen atoms in total. The second kappa shape index (κ2) is 9.03. The zero-order chi connectivity index (χ0) is 19.1. The number of nitrogens with one attached hydrogen (secondary N) is 1. The third-order valence-electron chi connectivity index (χ3n) is 4.57. The Morgan fingerprint density at radius 3 is 2.59 bits per heavy atom. The van der Waals surface area contributed by atoms with Gasteiger partial charge < -0.3 is 15.0 Å². The van der Waals surface area contributed by atoms with Crippen LogP contribution in [0.1, 0.15) is 35.2 Å². The molecule has 140 valence electrons. The first-order valence-electron chi connectivity index (χ1n) is 9.19. The molecule has 2 amide bonds. The van der Waals surface area contributed by atoms with E-state index in [4.69, 9.17) is 4.74 Å². The average Bonchev–Trinajstić information content (AvgIpc) is 2.72. The summed E-state index contributed by atoms with van der Waals surface area (Å²) in [4.78, 5) is 26.7. The smallest absolute Gasteiger partial charge is 0.253 e. The Hall–Kier alpha value is -3.08. The Morgan fingerprint density at radius 2 is 1.81 bits per heavy atom. The van der Waals surface area contributed by atoms with E-state index in [1.165, 1.54) is 12.5 Å². The number of carbonyl (C=O) groups is 2. The molecule has 0 spiro atoms. The van der Waals surface area contributed by atoms with E-state index in [1.807, 2.05) is 29.2 Å². The number of carbonyl (C=O) groups excluding carboxylic acids is 2. The Morgan fingerprint density at radius 1 is 1.04 bits per heavy atom. The number of piperidine rings is 1. The van der Waals surface area contributed by atoms with Crippen LogP contribution in [0, 0.1) is 0 Å². The highest BCUT2D eigenvalue weighted by molar-refractivity contribution is 6.03. The van der Waals surface area contributed by atoms with E-state index in [-0.39, 0.29) is 11.8 Å². The number of rotatable bonds is 5. The van der Waals surface area contributed by atoms with Crippen molar-refractivity contribution in [1.29, 1.82) is 0 Å². The van der Waals surface area contributed by atoms with Gasteiger partial charge in [0.25, 0.3) is 5.91 Å². The van der Waals surface area contributed by atoms with Crippen LogP contribution in [-0.4, -0.2) is 36.9 Å². The summed E-state index contributed by atoms with van der Waals surface area (Å²) in [5.74, 6) is 0.467. The largest absolute Gasteiger partial charge is 0.496 e. The molecule has 0 aliphatic carbocycles. The fraction of sp³-hybridized carbons (Fsp3) is 0.273. The summed E-state index contributed by atoms with van der Waals surface area (Å²) >= 11 is 0. The summed E-state index contributed by atoms with van der Waals surface area (Å²) in [5, 5.41) is 2.81. The number of methoxy groups -OCH3 is 1. The van der Waals surface area contributed by atoms with Gasteiger partial charge in [-0.3, -0.25) is 9.59 Å². The molecule has 0 aromatic heterocycles. The number of amides is 2. The summed E-state index contributed by atoms with van der Waals surface area (Å²) in [6, 6.07) is 14.6. The lowest BCUT2D eigenvalue weighted by atomic mass is 10.1. The van der Waals surface area contributed by atoms with E-state index >= 15 is 0 Å². The molecule has 0 bridgehead atoms. The van der Waals surface area contributed by atoms with Gasteiger partial charge >= 0.3 is 0 Å². The van der Waals surface area contributed by atoms with Gasteiger partial charge in [0.15, 0.2) is 0 Å². The average molecular weight is 364 g/mol. The van der Waals surface area contributed by atoms with Gasteiger partial charge in [-0.2, -0.15) is 0 Å². The minimum absolute atomic E-state index is 0.0235. The molecule has 0 radical (unpaired) electrons. The zero-order valence-electron chi connectivity index (χ0n) is 15.5. The van der Waals surface area contributed by atoms with Crippen LogP contribution in [0.25, 0.3) is 6.08 Å². The summed E-state index contributed by atoms with van der Waals surface area (Å²) in [7, 11) is 1.59. The van der Waals surface area contributed by atoms with Crippen molar-refractivity contribution < 1.29 is 14.3 Å². The minimum Gasteiger partial charge on any atom is -0.496 e. The summed E-state index contributed by atoms with van der Waals surface area (Å²) in [6.07, 6.45) is 6.44. The first-order valence-corrected chi connectivity index (χ1v) is 9.19. The standard InChI is InChI=1S/C22H24N2O3/c1-27-20-11-4-3-8-17(20)12-13-21(25)23-19-10-7-9-18(16-19)22(26)24-14-5-2-6-15-24/h3-4,7-13,16H,2,5-6,14-15H2,1H3,(H,23,25)/b13-12+. The Bertz CT molecular complexity index is 839. The lowest BCUT2D eigenvalue weighted by Crippen LogP contribution is -2.35. The van der Waals surface area contributed by atoms with Crippen molar-refractivity contribution in [3.8, 4) is 5.75 Å². The fourth-order valence-corrected chi connectivity index (χ4v) is 3.16. The molecule has 2 aromatic rings. The van der Waals surface area contributed by atoms with Crippen molar-refractivity contribution in [2.75, 3.05) is 25.5 Å². The number of nitrogens with zero attached hydrogens (tertiary/aromatic N) is 1. The van der Waals surface area contributed by atoms with Gasteiger partial charge in [-0.15, -0.1) is 0 Å². The van der Waals surface area contributed by atoms with Gasteiger partial charge in [0.1, 0.15) is 5.75 Å². The summed E-state index contributed by atoms with van der Waals surface area (Å²) in [6.45, 7) is 1.61. The van der Waals surface area contributed by atoms with Crippen LogP contribution >= 0.6 is 0 Å². The van der Waals surface area contributed by atoms with Crippen molar-refractivity contribution in [3.63, 3.8) is 0 Å². The Balaban J connectivity index is 1.66. The van der Waals surface area contributed by atoms with E-state index in [9.17, 15) is 9.59 Å². The van der Waals surface area contributed by atoms with Gasteiger partial charge in [0.05, 0.1) is 7.11 Å². The van der Waals surface area contributed by atoms with Crippen LogP contribution in [0.4, 0.5) is 5.69 Å². The maximum atomic E-state index is 12.6. The summed E-state index contributed by atoms with van der Waals surface area (Å²) in [5.41, 5.74) is 2.03. The van der Waals surface area contributed by atoms with Crippen molar-refractivity contribution in [1.82, 2.24) is 4.90 Å². The first kappa shape index (κ1) is 18.7. The normalized spacial score (nSPS) is 14.2. The lowest BCUT2D eigenvalue weighted by molar-refractivity contribution is -0.111. The second-order valence-electron chi connectivity index (χ2n) is 6.50. The van der Waals surface area contributed by atoms with Crippen LogP contribution in [0.3, 0.4) is 0 Å². The molecule has 1 aliphatic heterocycles. The Labute approximate surface area is 159 Å². The quantitative estimate of drug-likeness (QED) is 0.817. The molecule has 0 saturated carbocycles. The van der Waals surface area contributed by atoms with Crippen LogP contribution < -0.4 is 10.1 Å². The topological polar surface area (TPSA) is 58.6 Å². The van der Waals surface area contributed by atoms with Gasteiger partial charge in [-0.05, 0) is 49.6 Å². The van der Waals surface area contributed by atoms with Crippen molar-refractivity contribution in [2.45, 2.75) is 19.3 Å². The van der Waals surface area contributed by atoms with Gasteiger partial charge in [0.2, 0.25) is 5.91 Å². The van der Waals surface area contributed by atoms with Crippen LogP contribution in [-0.2, 0) is 4.79 Å². The molecule has 1 heterocycles. The number of benzene rings is 2. The van der Waals surface area contributed by atoms with Crippen LogP contribution in [0.5, 0.6) is 5.75 Å². The third kappa shape index (κ3) is 4.97. The SMILES string of the molecule is COc1ccccc1/C=C/C(=O)Nc1cccc(C(=O)N2CCCCC2)c1. The van der Waals surface area contributed by atoms with Crippen LogP contribution in [0.15, 0.2) is 54.6 Å². The van der Waals surface area contributed by atoms with E-state index in [2.05, 4.69) is 5.32 Å². The fourth-order valence-electron chi connectivity index (χ4n) is 3.16. The molecule has 1 fully saturated rings. The van der Waals surface area contributed by atoms with Crippen LogP contribution in [0.2, 0.25) is 0 Å². The molecular weight excluding hydrogens is 340 g/mol. The van der Waals surface area contributed by atoms with E-state index < -0.39 is 0 Å². The maximum Gasteiger partial charge on any atom is 0.253 e. The molecule has 2 aromatic carbocycles. The number of para-hydroxylation sites is 1. The second-order valence-corrected chi connectivity index (χ2v) is 6.50. The van der Waals surface area contributed by atoms with E-state index in [0.29, 0.717) is 17.0 Å². The predicted octanol–water partition coefficient (Wildman–Crippen LogP) is 3.97. The number of anilines is 1. The molecule has 1 aliphatic rings. The number of hydrogen-bond acceptors (Lipinski definition) is 3. The third-order valence-corrected chi connectivity index (χ3v) is 4.57. The van der Waals surface area contributed by atoms with Crippen molar-refractivity contribution in [3.05, 3.63) is 65.7 Å². The molecule has 0 atom stereocenters. The highest BCUT2D eigenvalue weighted by atomic mass is 16.5. The van der Waals surface area contributed by atoms with E-state index in [0.717, 1.165) is 31.5 Å². The molecule has 27 heavy (non-hydrogen) atoms. The molecule has 3 rings (SSSR count). The Kier molecular flexibility index (Phi) is 6.26. The van der Waals surface area contributed by atoms with Gasteiger partial charge in [-0.25, -0.2) is 0 Å². The van der Waals surface area contributed by atoms with Crippen molar-refractivity contribution in [2.24, 2.45) is 0 Å². The lowest BCUT2D eigenvalue weighted by Gasteiger charge is -2.26. The summed E-state index contributed by atoms with van der Waals surface area (Å²) < 4.78 is 5.27. The first-order chi connectivity index (χ1) is 13.2. The minimum atomic E-state index is -0.261. The molecule has 0 unspecified atom stereocenters. The highest BCUT2D eigenvalue weighted by Crippen LogP contribution is 2.19. The molecular formula is C22H24N2O3. The van der Waals surface area contributed by atoms with Gasteiger partial charge in [-0.1, -0.05) is 24.3 Å². The number of likely N-dealkylation sites (tertiary alicyclic amines) is 1. The van der Waals surface area contributed by atoms with Gasteiger partial charge in [0, 0.05) is 36.0 Å². The monoisotopic (exact) mass is 364 g/mol. The highest BCUT2D eigenvalue weighted by Gasteiger charge is 2.18. The molecule has 5 heteroatoms. The zero-order valence-corrected chi connectivity index (χ0v) is 15.5. The van der Waals surface area contributed by atoms with E-state index in [1.54, 1.807) is 37.5 Å². The predicted molar refractivity (Wildman–Crippen MR) is 107 cm³/mol. The maximum absolute atomic E-state index is 12.6. The van der Waals surface area contributed by atoms with Crippen molar-refractivity contribution >= 4 is 23.6 Å². The molecule has 1 saturated heterocycles.